The summed E-state index contributed by atoms with van der Waals surface area (Å²) in [7, 11) is 0. The maximum absolute atomic E-state index is 13.1. The van der Waals surface area contributed by atoms with Gasteiger partial charge in [-0.3, -0.25) is 14.4 Å². The number of fused-ring (bicyclic) bond motifs is 5. The molecule has 0 amide bonds. The van der Waals surface area contributed by atoms with Crippen LogP contribution in [0.5, 0.6) is 5.75 Å². The number of ketones is 1. The predicted molar refractivity (Wildman–Crippen MR) is 99.8 cm³/mol. The Labute approximate surface area is 157 Å². The van der Waals surface area contributed by atoms with Crippen molar-refractivity contribution in [2.24, 2.45) is 5.41 Å². The molecule has 0 N–H and O–H groups in total. The largest absolute Gasteiger partial charge is 0.462 e. The summed E-state index contributed by atoms with van der Waals surface area (Å²) in [5, 5.41) is 1.75. The molecule has 2 aliphatic carbocycles. The van der Waals surface area contributed by atoms with Crippen molar-refractivity contribution < 1.29 is 23.9 Å². The SMILES string of the molecule is CC(=O)Oc1ccc2c3c(ccc2c1)[C@@H]1CC[C@H](OC(C)=O)[C@@]1(C)CC3=O. The summed E-state index contributed by atoms with van der Waals surface area (Å²) in [4.78, 5) is 35.8. The molecular formula is C22H22O5. The van der Waals surface area contributed by atoms with Gasteiger partial charge in [0.2, 0.25) is 0 Å². The van der Waals surface area contributed by atoms with Crippen molar-refractivity contribution in [2.45, 2.75) is 52.1 Å². The molecule has 0 spiro atoms. The number of hydrogen-bond acceptors (Lipinski definition) is 5. The number of Topliss-reactive ketones (excluding diaryl/α,β-unsaturated/α-hetero) is 1. The number of rotatable bonds is 2. The quantitative estimate of drug-likeness (QED) is 0.589. The topological polar surface area (TPSA) is 69.7 Å². The van der Waals surface area contributed by atoms with Gasteiger partial charge >= 0.3 is 11.9 Å². The van der Waals surface area contributed by atoms with E-state index in [2.05, 4.69) is 6.92 Å². The lowest BCUT2D eigenvalue weighted by molar-refractivity contribution is -0.151. The summed E-state index contributed by atoms with van der Waals surface area (Å²) in [5.74, 6) is 0.0674. The van der Waals surface area contributed by atoms with Crippen molar-refractivity contribution in [1.82, 2.24) is 0 Å². The zero-order chi connectivity index (χ0) is 19.3. The lowest BCUT2D eigenvalue weighted by atomic mass is 9.65. The van der Waals surface area contributed by atoms with Crippen LogP contribution in [0.4, 0.5) is 0 Å². The van der Waals surface area contributed by atoms with E-state index < -0.39 is 0 Å². The number of esters is 2. The van der Waals surface area contributed by atoms with E-state index in [0.717, 1.165) is 34.7 Å². The standard InChI is InChI=1S/C22H22O5/c1-12(23)26-15-5-7-16-14(10-15)4-6-17-18-8-9-20(27-13(2)24)22(18,3)11-19(25)21(16)17/h4-7,10,18,20H,8-9,11H2,1-3H3/t18-,20-,22-/m0/s1. The summed E-state index contributed by atoms with van der Waals surface area (Å²) in [5.41, 5.74) is 1.44. The molecule has 0 bridgehead atoms. The molecule has 140 valence electrons. The Bertz CT molecular complexity index is 976. The molecule has 2 aromatic rings. The minimum Gasteiger partial charge on any atom is -0.462 e. The van der Waals surface area contributed by atoms with Crippen LogP contribution in [-0.2, 0) is 14.3 Å². The first-order valence-electron chi connectivity index (χ1n) is 9.25. The first-order chi connectivity index (χ1) is 12.8. The lowest BCUT2D eigenvalue weighted by Gasteiger charge is -2.40. The van der Waals surface area contributed by atoms with E-state index >= 15 is 0 Å². The molecule has 0 saturated heterocycles. The Kier molecular flexibility index (Phi) is 4.06. The van der Waals surface area contributed by atoms with E-state index in [1.165, 1.54) is 13.8 Å². The highest BCUT2D eigenvalue weighted by molar-refractivity contribution is 6.11. The van der Waals surface area contributed by atoms with Gasteiger partial charge in [0.15, 0.2) is 5.78 Å². The fourth-order valence-corrected chi connectivity index (χ4v) is 4.93. The molecule has 2 aromatic carbocycles. The highest BCUT2D eigenvalue weighted by atomic mass is 16.5. The molecule has 1 fully saturated rings. The smallest absolute Gasteiger partial charge is 0.308 e. The first kappa shape index (κ1) is 17.7. The number of hydrogen-bond donors (Lipinski definition) is 0. The van der Waals surface area contributed by atoms with Gasteiger partial charge in [0, 0.05) is 31.2 Å². The van der Waals surface area contributed by atoms with Gasteiger partial charge in [-0.1, -0.05) is 19.1 Å². The van der Waals surface area contributed by atoms with Gasteiger partial charge in [0.25, 0.3) is 0 Å². The van der Waals surface area contributed by atoms with Gasteiger partial charge in [0.1, 0.15) is 11.9 Å². The zero-order valence-corrected chi connectivity index (χ0v) is 15.7. The maximum Gasteiger partial charge on any atom is 0.308 e. The van der Waals surface area contributed by atoms with E-state index in [1.54, 1.807) is 12.1 Å². The third-order valence-corrected chi connectivity index (χ3v) is 6.04. The predicted octanol–water partition coefficient (Wildman–Crippen LogP) is 4.17. The Morgan fingerprint density at radius 3 is 2.56 bits per heavy atom. The van der Waals surface area contributed by atoms with Crippen LogP contribution in [0.25, 0.3) is 10.8 Å². The van der Waals surface area contributed by atoms with Crippen LogP contribution in [0.3, 0.4) is 0 Å². The molecule has 0 heterocycles. The second-order valence-electron chi connectivity index (χ2n) is 7.84. The van der Waals surface area contributed by atoms with Crippen molar-refractivity contribution in [3.63, 3.8) is 0 Å². The van der Waals surface area contributed by atoms with Crippen LogP contribution >= 0.6 is 0 Å². The first-order valence-corrected chi connectivity index (χ1v) is 9.25. The summed E-state index contributed by atoms with van der Waals surface area (Å²) in [6.45, 7) is 4.84. The summed E-state index contributed by atoms with van der Waals surface area (Å²) in [6, 6.07) is 9.34. The van der Waals surface area contributed by atoms with E-state index in [0.29, 0.717) is 12.2 Å². The lowest BCUT2D eigenvalue weighted by Crippen LogP contribution is -2.40. The van der Waals surface area contributed by atoms with Crippen LogP contribution in [-0.4, -0.2) is 23.8 Å². The van der Waals surface area contributed by atoms with E-state index in [-0.39, 0.29) is 35.2 Å². The number of carbonyl (C=O) groups is 3. The Morgan fingerprint density at radius 1 is 1.07 bits per heavy atom. The highest BCUT2D eigenvalue weighted by Gasteiger charge is 2.53. The van der Waals surface area contributed by atoms with E-state index in [4.69, 9.17) is 9.47 Å². The maximum atomic E-state index is 13.1. The van der Waals surface area contributed by atoms with Crippen molar-refractivity contribution in [3.05, 3.63) is 41.5 Å². The Hall–Kier alpha value is -2.69. The Morgan fingerprint density at radius 2 is 1.85 bits per heavy atom. The van der Waals surface area contributed by atoms with Crippen molar-refractivity contribution >= 4 is 28.5 Å². The summed E-state index contributed by atoms with van der Waals surface area (Å²) >= 11 is 0. The minimum absolute atomic E-state index is 0.0774. The van der Waals surface area contributed by atoms with Gasteiger partial charge in [0.05, 0.1) is 0 Å². The van der Waals surface area contributed by atoms with Gasteiger partial charge in [-0.05, 0) is 53.3 Å². The molecule has 3 atom stereocenters. The van der Waals surface area contributed by atoms with E-state index in [1.807, 2.05) is 18.2 Å². The molecule has 27 heavy (non-hydrogen) atoms. The molecule has 5 heteroatoms. The normalized spacial score (nSPS) is 26.4. The van der Waals surface area contributed by atoms with Gasteiger partial charge in [-0.25, -0.2) is 0 Å². The third kappa shape index (κ3) is 2.82. The van der Waals surface area contributed by atoms with Crippen LogP contribution in [0.15, 0.2) is 30.3 Å². The summed E-state index contributed by atoms with van der Waals surface area (Å²) in [6.07, 6.45) is 1.81. The molecule has 5 nitrogen and oxygen atoms in total. The fraction of sp³-hybridized carbons (Fsp3) is 0.409. The van der Waals surface area contributed by atoms with Crippen LogP contribution in [0.2, 0.25) is 0 Å². The van der Waals surface area contributed by atoms with Gasteiger partial charge in [-0.2, -0.15) is 0 Å². The van der Waals surface area contributed by atoms with Crippen molar-refractivity contribution in [3.8, 4) is 5.75 Å². The second-order valence-corrected chi connectivity index (χ2v) is 7.84. The molecule has 1 saturated carbocycles. The number of carbonyl (C=O) groups excluding carboxylic acids is 3. The third-order valence-electron chi connectivity index (χ3n) is 6.04. The second kappa shape index (κ2) is 6.19. The summed E-state index contributed by atoms with van der Waals surface area (Å²) < 4.78 is 10.7. The van der Waals surface area contributed by atoms with Crippen molar-refractivity contribution in [1.29, 1.82) is 0 Å². The van der Waals surface area contributed by atoms with Gasteiger partial charge in [-0.15, -0.1) is 0 Å². The molecule has 0 unspecified atom stereocenters. The Balaban J connectivity index is 1.80. The molecule has 0 radical (unpaired) electrons. The number of benzene rings is 2. The molecular weight excluding hydrogens is 344 g/mol. The zero-order valence-electron chi connectivity index (χ0n) is 15.7. The van der Waals surface area contributed by atoms with E-state index in [9.17, 15) is 14.4 Å². The highest BCUT2D eigenvalue weighted by Crippen LogP contribution is 2.57. The van der Waals surface area contributed by atoms with Crippen LogP contribution < -0.4 is 4.74 Å². The molecule has 0 aliphatic heterocycles. The monoisotopic (exact) mass is 366 g/mol. The number of ether oxygens (including phenoxy) is 2. The molecule has 4 rings (SSSR count). The average molecular weight is 366 g/mol. The van der Waals surface area contributed by atoms with Crippen molar-refractivity contribution in [2.75, 3.05) is 0 Å². The molecule has 0 aromatic heterocycles. The molecule has 2 aliphatic rings. The average Bonchev–Trinajstić information content (AvgIpc) is 2.89. The van der Waals surface area contributed by atoms with Crippen LogP contribution in [0, 0.1) is 5.41 Å². The van der Waals surface area contributed by atoms with Gasteiger partial charge < -0.3 is 9.47 Å². The van der Waals surface area contributed by atoms with Crippen LogP contribution in [0.1, 0.15) is 61.9 Å². The fourth-order valence-electron chi connectivity index (χ4n) is 4.93. The minimum atomic E-state index is -0.373.